The van der Waals surface area contributed by atoms with Crippen LogP contribution >= 0.6 is 0 Å². The van der Waals surface area contributed by atoms with Gasteiger partial charge in [-0.1, -0.05) is 17.3 Å². The molecule has 1 fully saturated rings. The van der Waals surface area contributed by atoms with E-state index in [9.17, 15) is 12.8 Å². The number of benzene rings is 1. The van der Waals surface area contributed by atoms with E-state index in [4.69, 9.17) is 14.5 Å². The maximum atomic E-state index is 14.2. The monoisotopic (exact) mass is 592 g/mol. The summed E-state index contributed by atoms with van der Waals surface area (Å²) in [4.78, 5) is 9.47. The highest BCUT2D eigenvalue weighted by Crippen LogP contribution is 2.45. The molecule has 0 saturated carbocycles. The first-order chi connectivity index (χ1) is 20.0. The summed E-state index contributed by atoms with van der Waals surface area (Å²) in [6, 6.07) is 8.06. The summed E-state index contributed by atoms with van der Waals surface area (Å²) in [6.07, 6.45) is 5.57. The van der Waals surface area contributed by atoms with Gasteiger partial charge in [-0.2, -0.15) is 0 Å². The first kappa shape index (κ1) is 28.2. The molecule has 12 heteroatoms. The number of pyridine rings is 2. The highest BCUT2D eigenvalue weighted by molar-refractivity contribution is 7.91. The molecule has 0 amide bonds. The molecule has 4 aromatic heterocycles. The predicted octanol–water partition coefficient (Wildman–Crippen LogP) is 5.03. The molecule has 5 heterocycles. The molecule has 0 aliphatic carbocycles. The number of halogens is 1. The number of rotatable bonds is 7. The number of ether oxygens (including phenoxy) is 2. The second-order valence-electron chi connectivity index (χ2n) is 11.1. The summed E-state index contributed by atoms with van der Waals surface area (Å²) in [6.45, 7) is 6.82. The van der Waals surface area contributed by atoms with Crippen molar-refractivity contribution >= 4 is 31.8 Å². The summed E-state index contributed by atoms with van der Waals surface area (Å²) in [7, 11) is -1.92. The van der Waals surface area contributed by atoms with Crippen LogP contribution in [0.25, 0.3) is 33.2 Å². The minimum Gasteiger partial charge on any atom is -0.474 e. The molecule has 1 saturated heterocycles. The summed E-state index contributed by atoms with van der Waals surface area (Å²) in [5.74, 6) is 0.0323. The molecule has 0 radical (unpaired) electrons. The van der Waals surface area contributed by atoms with Crippen molar-refractivity contribution in [3.63, 3.8) is 0 Å². The van der Waals surface area contributed by atoms with Crippen molar-refractivity contribution in [1.29, 1.82) is 0 Å². The number of hydrogen-bond donors (Lipinski definition) is 0. The Hall–Kier alpha value is -3.90. The lowest BCUT2D eigenvalue weighted by atomic mass is 9.86. The Labute approximate surface area is 243 Å². The Balaban J connectivity index is 1.79. The van der Waals surface area contributed by atoms with Crippen molar-refractivity contribution in [3.8, 4) is 17.1 Å². The lowest BCUT2D eigenvalue weighted by molar-refractivity contribution is 0.0552. The topological polar surface area (TPSA) is 114 Å². The normalized spacial score (nSPS) is 15.6. The van der Waals surface area contributed by atoms with Crippen molar-refractivity contribution < 1.29 is 22.3 Å². The van der Waals surface area contributed by atoms with Crippen LogP contribution in [0.1, 0.15) is 44.0 Å². The number of fused-ring (bicyclic) bond motifs is 3. The number of sulfone groups is 1. The van der Waals surface area contributed by atoms with Crippen LogP contribution in [0.2, 0.25) is 0 Å². The van der Waals surface area contributed by atoms with E-state index in [2.05, 4.69) is 19.9 Å². The Morgan fingerprint density at radius 3 is 2.43 bits per heavy atom. The molecule has 1 aliphatic heterocycles. The van der Waals surface area contributed by atoms with E-state index in [1.54, 1.807) is 23.0 Å². The molecule has 0 bridgehead atoms. The smallest absolute Gasteiger partial charge is 0.225 e. The maximum Gasteiger partial charge on any atom is 0.225 e. The van der Waals surface area contributed by atoms with Gasteiger partial charge in [-0.3, -0.25) is 4.98 Å². The molecule has 0 spiro atoms. The van der Waals surface area contributed by atoms with Crippen molar-refractivity contribution in [3.05, 3.63) is 59.8 Å². The van der Waals surface area contributed by atoms with Gasteiger partial charge in [0.1, 0.15) is 16.2 Å². The Bertz CT molecular complexity index is 1870. The Kier molecular flexibility index (Phi) is 7.22. The van der Waals surface area contributed by atoms with Crippen LogP contribution in [0.15, 0.2) is 47.6 Å². The fourth-order valence-electron chi connectivity index (χ4n) is 6.05. The summed E-state index contributed by atoms with van der Waals surface area (Å²) >= 11 is 0. The van der Waals surface area contributed by atoms with Crippen LogP contribution in [0.4, 0.5) is 4.39 Å². The minimum atomic E-state index is -3.74. The first-order valence-electron chi connectivity index (χ1n) is 13.9. The SMILES string of the molecule is Cc1nnn(C)c1-c1cnc2c3c(OC(C)C)ncc(S(C)(=O)=O)c3n([C@H](c3ccc(F)cc3)C3CCOCC3)c2c1. The number of nitrogens with zero attached hydrogens (tertiary/aromatic N) is 6. The zero-order chi connectivity index (χ0) is 29.8. The van der Waals surface area contributed by atoms with Gasteiger partial charge in [-0.15, -0.1) is 5.10 Å². The molecule has 1 aliphatic rings. The van der Waals surface area contributed by atoms with E-state index in [-0.39, 0.29) is 28.8 Å². The van der Waals surface area contributed by atoms with Crippen LogP contribution in [0.5, 0.6) is 5.88 Å². The molecular weight excluding hydrogens is 559 g/mol. The number of aryl methyl sites for hydroxylation is 2. The van der Waals surface area contributed by atoms with Gasteiger partial charge in [-0.25, -0.2) is 22.5 Å². The lowest BCUT2D eigenvalue weighted by Crippen LogP contribution is -2.27. The highest BCUT2D eigenvalue weighted by atomic mass is 32.2. The molecule has 0 N–H and O–H groups in total. The van der Waals surface area contributed by atoms with Crippen LogP contribution < -0.4 is 4.74 Å². The fourth-order valence-corrected chi connectivity index (χ4v) is 6.85. The van der Waals surface area contributed by atoms with Gasteiger partial charge in [-0.05, 0) is 63.3 Å². The van der Waals surface area contributed by atoms with Gasteiger partial charge >= 0.3 is 0 Å². The molecule has 10 nitrogen and oxygen atoms in total. The van der Waals surface area contributed by atoms with Crippen molar-refractivity contribution in [2.45, 2.75) is 50.7 Å². The molecule has 5 aromatic rings. The van der Waals surface area contributed by atoms with E-state index in [0.717, 1.165) is 35.4 Å². The standard InChI is InChI=1S/C30H33FN6O4S/c1-17(2)41-30-25-26-23(14-21(15-32-26)27-18(3)34-35-36(27)4)37(29(25)24(16-33-30)42(5,38)39)28(20-10-12-40-13-11-20)19-6-8-22(31)9-7-19/h6-9,14-17,20,28H,10-13H2,1-5H3/t28-/m1/s1. The van der Waals surface area contributed by atoms with Crippen LogP contribution in [-0.2, 0) is 21.6 Å². The number of aromatic nitrogens is 6. The minimum absolute atomic E-state index is 0.0711. The molecule has 1 atom stereocenters. The second-order valence-corrected chi connectivity index (χ2v) is 13.1. The third-order valence-corrected chi connectivity index (χ3v) is 8.90. The summed E-state index contributed by atoms with van der Waals surface area (Å²) < 4.78 is 56.4. The molecule has 6 rings (SSSR count). The van der Waals surface area contributed by atoms with Crippen LogP contribution in [-0.4, -0.2) is 63.5 Å². The zero-order valence-corrected chi connectivity index (χ0v) is 25.0. The Morgan fingerprint density at radius 1 is 1.10 bits per heavy atom. The molecular formula is C30H33FN6O4S. The van der Waals surface area contributed by atoms with Crippen LogP contribution in [0, 0.1) is 18.7 Å². The molecule has 220 valence electrons. The third kappa shape index (κ3) is 4.92. The van der Waals surface area contributed by atoms with Gasteiger partial charge in [0.05, 0.1) is 46.2 Å². The average molecular weight is 593 g/mol. The van der Waals surface area contributed by atoms with E-state index < -0.39 is 9.84 Å². The van der Waals surface area contributed by atoms with Crippen molar-refractivity contribution in [2.24, 2.45) is 13.0 Å². The second kappa shape index (κ2) is 10.7. The number of hydrogen-bond acceptors (Lipinski definition) is 8. The van der Waals surface area contributed by atoms with Crippen molar-refractivity contribution in [1.82, 2.24) is 29.5 Å². The van der Waals surface area contributed by atoms with E-state index >= 15 is 0 Å². The average Bonchev–Trinajstić information content (AvgIpc) is 3.46. The molecule has 0 unspecified atom stereocenters. The molecule has 42 heavy (non-hydrogen) atoms. The first-order valence-corrected chi connectivity index (χ1v) is 15.8. The Morgan fingerprint density at radius 2 is 1.81 bits per heavy atom. The van der Waals surface area contributed by atoms with E-state index in [1.807, 2.05) is 33.9 Å². The maximum absolute atomic E-state index is 14.2. The summed E-state index contributed by atoms with van der Waals surface area (Å²) in [5, 5.41) is 8.90. The van der Waals surface area contributed by atoms with E-state index in [0.29, 0.717) is 41.0 Å². The van der Waals surface area contributed by atoms with Crippen molar-refractivity contribution in [2.75, 3.05) is 19.5 Å². The largest absolute Gasteiger partial charge is 0.474 e. The predicted molar refractivity (Wildman–Crippen MR) is 157 cm³/mol. The lowest BCUT2D eigenvalue weighted by Gasteiger charge is -2.33. The van der Waals surface area contributed by atoms with E-state index in [1.165, 1.54) is 24.6 Å². The van der Waals surface area contributed by atoms with Gasteiger partial charge in [0.15, 0.2) is 9.84 Å². The molecule has 1 aromatic carbocycles. The zero-order valence-electron chi connectivity index (χ0n) is 24.2. The highest BCUT2D eigenvalue weighted by Gasteiger charge is 2.34. The quantitative estimate of drug-likeness (QED) is 0.258. The van der Waals surface area contributed by atoms with Gasteiger partial charge < -0.3 is 14.0 Å². The van der Waals surface area contributed by atoms with Gasteiger partial charge in [0.2, 0.25) is 5.88 Å². The summed E-state index contributed by atoms with van der Waals surface area (Å²) in [5.41, 5.74) is 4.90. The third-order valence-electron chi connectivity index (χ3n) is 7.81. The fraction of sp³-hybridized carbons (Fsp3) is 0.400. The van der Waals surface area contributed by atoms with Crippen LogP contribution in [0.3, 0.4) is 0 Å². The van der Waals surface area contributed by atoms with Gasteiger partial charge in [0, 0.05) is 38.3 Å². The van der Waals surface area contributed by atoms with Gasteiger partial charge in [0.25, 0.3) is 0 Å².